The van der Waals surface area contributed by atoms with Gasteiger partial charge in [-0.15, -0.1) is 0 Å². The van der Waals surface area contributed by atoms with Gasteiger partial charge in [0.05, 0.1) is 29.5 Å². The molecule has 0 unspecified atom stereocenters. The average molecular weight is 437 g/mol. The molecule has 5 rings (SSSR count). The van der Waals surface area contributed by atoms with E-state index in [1.807, 2.05) is 18.2 Å². The van der Waals surface area contributed by atoms with Gasteiger partial charge in [-0.3, -0.25) is 0 Å². The van der Waals surface area contributed by atoms with Crippen molar-refractivity contribution in [1.82, 2.24) is 5.16 Å². The van der Waals surface area contributed by atoms with Crippen LogP contribution in [0.15, 0.2) is 33.9 Å². The summed E-state index contributed by atoms with van der Waals surface area (Å²) >= 11 is 0. The molecule has 0 amide bonds. The Kier molecular flexibility index (Phi) is 4.95. The number of hydrogen-bond acceptors (Lipinski definition) is 6. The first-order chi connectivity index (χ1) is 15.4. The van der Waals surface area contributed by atoms with Crippen molar-refractivity contribution < 1.29 is 18.9 Å². The minimum Gasteiger partial charge on any atom is -0.465 e. The van der Waals surface area contributed by atoms with E-state index in [-0.39, 0.29) is 17.0 Å². The van der Waals surface area contributed by atoms with Crippen LogP contribution >= 0.6 is 0 Å². The average Bonchev–Trinajstić information content (AvgIpc) is 3.48. The number of esters is 1. The highest BCUT2D eigenvalue weighted by molar-refractivity contribution is 6.01. The van der Waals surface area contributed by atoms with E-state index < -0.39 is 0 Å². The molecule has 1 aromatic heterocycles. The Labute approximate surface area is 189 Å². The highest BCUT2D eigenvalue weighted by Gasteiger charge is 2.63. The minimum atomic E-state index is -0.371. The highest BCUT2D eigenvalue weighted by Crippen LogP contribution is 2.58. The zero-order chi connectivity index (χ0) is 22.7. The molecule has 32 heavy (non-hydrogen) atoms. The fourth-order valence-corrected chi connectivity index (χ4v) is 6.73. The van der Waals surface area contributed by atoms with E-state index in [4.69, 9.17) is 19.3 Å². The number of aromatic nitrogens is 1. The van der Waals surface area contributed by atoms with E-state index in [0.717, 1.165) is 54.6 Å². The van der Waals surface area contributed by atoms with Crippen molar-refractivity contribution >= 4 is 11.7 Å². The summed E-state index contributed by atoms with van der Waals surface area (Å²) in [5.74, 6) is 1.35. The molecule has 2 aromatic rings. The standard InChI is InChI=1S/C26H32N2O4/c1-15(2)26(16(3)4)20-12-14-25(23(20)28-32-26)13-8-11-19-21(31-27-22(19)25)17-9-6-7-10-18(17)24(29)30-5/h6-7,9-10,15-16,20H,8,11-14H2,1-5H3/t20-,25+/m1/s1. The number of oxime groups is 1. The van der Waals surface area contributed by atoms with Crippen molar-refractivity contribution in [3.63, 3.8) is 0 Å². The number of benzene rings is 1. The van der Waals surface area contributed by atoms with E-state index >= 15 is 0 Å². The molecule has 1 aliphatic heterocycles. The summed E-state index contributed by atoms with van der Waals surface area (Å²) in [6, 6.07) is 7.43. The molecule has 6 nitrogen and oxygen atoms in total. The highest BCUT2D eigenvalue weighted by atomic mass is 16.7. The Morgan fingerprint density at radius 3 is 2.62 bits per heavy atom. The molecular formula is C26H32N2O4. The quantitative estimate of drug-likeness (QED) is 0.588. The van der Waals surface area contributed by atoms with Crippen LogP contribution in [0.4, 0.5) is 0 Å². The molecule has 0 N–H and O–H groups in total. The Bertz CT molecular complexity index is 1080. The lowest BCUT2D eigenvalue weighted by Gasteiger charge is -2.39. The maximum atomic E-state index is 12.4. The van der Waals surface area contributed by atoms with Crippen LogP contribution in [-0.4, -0.2) is 29.5 Å². The molecule has 1 spiro atoms. The van der Waals surface area contributed by atoms with Gasteiger partial charge in [0.1, 0.15) is 5.60 Å². The number of nitrogens with zero attached hydrogens (tertiary/aromatic N) is 2. The van der Waals surface area contributed by atoms with E-state index in [1.54, 1.807) is 6.07 Å². The van der Waals surface area contributed by atoms with Crippen molar-refractivity contribution in [2.75, 3.05) is 7.11 Å². The Balaban J connectivity index is 1.60. The third-order valence-corrected chi connectivity index (χ3v) is 8.18. The lowest BCUT2D eigenvalue weighted by molar-refractivity contribution is -0.113. The fourth-order valence-electron chi connectivity index (χ4n) is 6.73. The lowest BCUT2D eigenvalue weighted by atomic mass is 9.66. The molecule has 0 radical (unpaired) electrons. The van der Waals surface area contributed by atoms with Gasteiger partial charge in [0.15, 0.2) is 5.76 Å². The summed E-state index contributed by atoms with van der Waals surface area (Å²) in [6.07, 6.45) is 4.98. The maximum Gasteiger partial charge on any atom is 0.338 e. The first-order valence-corrected chi connectivity index (χ1v) is 11.8. The number of carbonyl (C=O) groups is 1. The van der Waals surface area contributed by atoms with Gasteiger partial charge >= 0.3 is 5.97 Å². The van der Waals surface area contributed by atoms with Crippen LogP contribution in [-0.2, 0) is 21.4 Å². The summed E-state index contributed by atoms with van der Waals surface area (Å²) in [6.45, 7) is 8.98. The van der Waals surface area contributed by atoms with Crippen LogP contribution in [0.3, 0.4) is 0 Å². The summed E-state index contributed by atoms with van der Waals surface area (Å²) < 4.78 is 11.0. The van der Waals surface area contributed by atoms with E-state index in [2.05, 4.69) is 32.9 Å². The van der Waals surface area contributed by atoms with Gasteiger partial charge in [-0.05, 0) is 50.0 Å². The molecule has 1 saturated carbocycles. The third-order valence-electron chi connectivity index (χ3n) is 8.18. The molecule has 3 aliphatic rings. The van der Waals surface area contributed by atoms with Crippen molar-refractivity contribution in [2.24, 2.45) is 22.9 Å². The monoisotopic (exact) mass is 436 g/mol. The van der Waals surface area contributed by atoms with Crippen molar-refractivity contribution in [3.8, 4) is 11.3 Å². The summed E-state index contributed by atoms with van der Waals surface area (Å²) in [5, 5.41) is 9.40. The van der Waals surface area contributed by atoms with E-state index in [0.29, 0.717) is 29.1 Å². The van der Waals surface area contributed by atoms with Crippen molar-refractivity contribution in [3.05, 3.63) is 41.1 Å². The first-order valence-electron chi connectivity index (χ1n) is 11.8. The van der Waals surface area contributed by atoms with Gasteiger partial charge in [-0.1, -0.05) is 56.2 Å². The van der Waals surface area contributed by atoms with Gasteiger partial charge in [-0.25, -0.2) is 4.79 Å². The minimum absolute atomic E-state index is 0.230. The zero-order valence-electron chi connectivity index (χ0n) is 19.6. The second kappa shape index (κ2) is 7.46. The Morgan fingerprint density at radius 1 is 1.16 bits per heavy atom. The molecule has 0 bridgehead atoms. The third kappa shape index (κ3) is 2.67. The normalized spacial score (nSPS) is 25.6. The second-order valence-electron chi connectivity index (χ2n) is 10.1. The molecule has 2 atom stereocenters. The number of fused-ring (bicyclic) bond motifs is 4. The Morgan fingerprint density at radius 2 is 1.91 bits per heavy atom. The van der Waals surface area contributed by atoms with Crippen LogP contribution in [0.5, 0.6) is 0 Å². The molecule has 1 aromatic carbocycles. The lowest BCUT2D eigenvalue weighted by Crippen LogP contribution is -2.48. The maximum absolute atomic E-state index is 12.4. The van der Waals surface area contributed by atoms with Gasteiger partial charge in [-0.2, -0.15) is 0 Å². The molecule has 2 aliphatic carbocycles. The number of methoxy groups -OCH3 is 1. The van der Waals surface area contributed by atoms with Crippen LogP contribution in [0, 0.1) is 17.8 Å². The summed E-state index contributed by atoms with van der Waals surface area (Å²) in [7, 11) is 1.40. The van der Waals surface area contributed by atoms with Crippen LogP contribution in [0.2, 0.25) is 0 Å². The molecule has 6 heteroatoms. The molecule has 1 fully saturated rings. The largest absolute Gasteiger partial charge is 0.465 e. The molecular weight excluding hydrogens is 404 g/mol. The topological polar surface area (TPSA) is 73.9 Å². The SMILES string of the molecule is COC(=O)c1ccccc1-c1onc2c1CCC[C@]21CC[C@@H]2C1=NOC2(C(C)C)C(C)C. The summed E-state index contributed by atoms with van der Waals surface area (Å²) in [4.78, 5) is 18.7. The predicted molar refractivity (Wildman–Crippen MR) is 122 cm³/mol. The smallest absolute Gasteiger partial charge is 0.338 e. The second-order valence-corrected chi connectivity index (χ2v) is 10.1. The zero-order valence-corrected chi connectivity index (χ0v) is 19.6. The van der Waals surface area contributed by atoms with Gasteiger partial charge in [0.2, 0.25) is 0 Å². The molecule has 170 valence electrons. The number of hydrogen-bond donors (Lipinski definition) is 0. The van der Waals surface area contributed by atoms with Gasteiger partial charge in [0, 0.05) is 17.0 Å². The molecule has 2 heterocycles. The van der Waals surface area contributed by atoms with Crippen LogP contribution in [0.25, 0.3) is 11.3 Å². The van der Waals surface area contributed by atoms with Crippen LogP contribution in [0.1, 0.15) is 75.0 Å². The Hall–Kier alpha value is -2.63. The molecule has 0 saturated heterocycles. The number of carbonyl (C=O) groups excluding carboxylic acids is 1. The van der Waals surface area contributed by atoms with E-state index in [1.165, 1.54) is 7.11 Å². The predicted octanol–water partition coefficient (Wildman–Crippen LogP) is 5.55. The fraction of sp³-hybridized carbons (Fsp3) is 0.577. The van der Waals surface area contributed by atoms with Gasteiger partial charge < -0.3 is 14.1 Å². The van der Waals surface area contributed by atoms with Crippen molar-refractivity contribution in [2.45, 2.75) is 70.8 Å². The van der Waals surface area contributed by atoms with E-state index in [9.17, 15) is 4.79 Å². The number of ether oxygens (including phenoxy) is 1. The van der Waals surface area contributed by atoms with Crippen molar-refractivity contribution in [1.29, 1.82) is 0 Å². The summed E-state index contributed by atoms with van der Waals surface area (Å²) in [5.41, 5.74) is 3.99. The number of rotatable bonds is 4. The van der Waals surface area contributed by atoms with Crippen LogP contribution < -0.4 is 0 Å². The first kappa shape index (κ1) is 21.2. The van der Waals surface area contributed by atoms with Gasteiger partial charge in [0.25, 0.3) is 0 Å².